The summed E-state index contributed by atoms with van der Waals surface area (Å²) in [5, 5.41) is 14.2. The lowest BCUT2D eigenvalue weighted by atomic mass is 10.1. The molecule has 0 fully saturated rings. The van der Waals surface area contributed by atoms with Crippen LogP contribution in [0.4, 0.5) is 4.79 Å². The van der Waals surface area contributed by atoms with Crippen LogP contribution in [0, 0.1) is 0 Å². The molecule has 0 saturated carbocycles. The fraction of sp³-hybridized carbons (Fsp3) is 0.385. The first-order valence-corrected chi connectivity index (χ1v) is 6.56. The highest BCUT2D eigenvalue weighted by Crippen LogP contribution is 2.32. The molecule has 0 aliphatic carbocycles. The maximum Gasteiger partial charge on any atom is 0.325 e. The molecule has 1 aliphatic rings. The van der Waals surface area contributed by atoms with Crippen LogP contribution in [0.15, 0.2) is 12.1 Å². The summed E-state index contributed by atoms with van der Waals surface area (Å²) in [6.07, 6.45) is 0.797. The Bertz CT molecular complexity index is 547. The fourth-order valence-electron chi connectivity index (χ4n) is 1.96. The summed E-state index contributed by atoms with van der Waals surface area (Å²) in [7, 11) is 0. The van der Waals surface area contributed by atoms with E-state index in [1.165, 1.54) is 6.92 Å². The Morgan fingerprint density at radius 2 is 2.25 bits per heavy atom. The molecule has 0 bridgehead atoms. The predicted octanol–water partition coefficient (Wildman–Crippen LogP) is 1.55. The summed E-state index contributed by atoms with van der Waals surface area (Å²) in [5.41, 5.74) is 1.80. The number of halogens is 1. The van der Waals surface area contributed by atoms with Crippen molar-refractivity contribution in [2.45, 2.75) is 25.9 Å². The predicted molar refractivity (Wildman–Crippen MR) is 73.1 cm³/mol. The largest absolute Gasteiger partial charge is 0.493 e. The molecule has 20 heavy (non-hydrogen) atoms. The number of carboxylic acids is 1. The minimum Gasteiger partial charge on any atom is -0.493 e. The topological polar surface area (TPSA) is 87.7 Å². The number of nitrogens with one attached hydrogen (secondary N) is 2. The fourth-order valence-corrected chi connectivity index (χ4v) is 2.23. The molecule has 7 heteroatoms. The van der Waals surface area contributed by atoms with Crippen molar-refractivity contribution in [3.05, 3.63) is 28.3 Å². The number of fused-ring (bicyclic) bond motifs is 1. The van der Waals surface area contributed by atoms with Crippen molar-refractivity contribution in [3.8, 4) is 5.75 Å². The molecule has 6 nitrogen and oxygen atoms in total. The van der Waals surface area contributed by atoms with Crippen molar-refractivity contribution in [1.82, 2.24) is 10.6 Å². The molecule has 0 radical (unpaired) electrons. The molecule has 3 N–H and O–H groups in total. The third kappa shape index (κ3) is 3.33. The van der Waals surface area contributed by atoms with Gasteiger partial charge in [0.15, 0.2) is 0 Å². The number of aliphatic carboxylic acids is 1. The molecule has 1 aliphatic heterocycles. The lowest BCUT2D eigenvalue weighted by Crippen LogP contribution is -2.44. The molecule has 1 aromatic rings. The summed E-state index contributed by atoms with van der Waals surface area (Å²) in [6, 6.07) is 2.08. The second kappa shape index (κ2) is 6.00. The van der Waals surface area contributed by atoms with Gasteiger partial charge in [0.1, 0.15) is 11.8 Å². The van der Waals surface area contributed by atoms with Gasteiger partial charge in [-0.05, 0) is 24.6 Å². The summed E-state index contributed by atoms with van der Waals surface area (Å²) in [5.74, 6) is -0.340. The molecule has 1 atom stereocenters. The highest BCUT2D eigenvalue weighted by atomic mass is 35.5. The minimum atomic E-state index is -1.09. The van der Waals surface area contributed by atoms with Gasteiger partial charge in [0.25, 0.3) is 0 Å². The SMILES string of the molecule is CC(NC(=O)NCc1cc(Cl)cc2c1OCC2)C(=O)O. The van der Waals surface area contributed by atoms with Crippen molar-refractivity contribution in [2.75, 3.05) is 6.61 Å². The van der Waals surface area contributed by atoms with Crippen LogP contribution < -0.4 is 15.4 Å². The number of carbonyl (C=O) groups excluding carboxylic acids is 1. The number of urea groups is 1. The Hall–Kier alpha value is -1.95. The third-order valence-electron chi connectivity index (χ3n) is 2.98. The lowest BCUT2D eigenvalue weighted by molar-refractivity contribution is -0.138. The molecule has 2 amide bonds. The Balaban J connectivity index is 1.98. The van der Waals surface area contributed by atoms with Gasteiger partial charge in [-0.2, -0.15) is 0 Å². The normalized spacial score (nSPS) is 14.1. The molecule has 2 rings (SSSR count). The number of rotatable bonds is 4. The van der Waals surface area contributed by atoms with Crippen LogP contribution in [0.3, 0.4) is 0 Å². The van der Waals surface area contributed by atoms with Crippen LogP contribution in [0.25, 0.3) is 0 Å². The van der Waals surface area contributed by atoms with Crippen LogP contribution in [0.1, 0.15) is 18.1 Å². The molecular formula is C13H15ClN2O4. The van der Waals surface area contributed by atoms with E-state index in [-0.39, 0.29) is 6.54 Å². The van der Waals surface area contributed by atoms with Gasteiger partial charge in [0.05, 0.1) is 6.61 Å². The van der Waals surface area contributed by atoms with Crippen molar-refractivity contribution in [3.63, 3.8) is 0 Å². The maximum atomic E-state index is 11.6. The summed E-state index contributed by atoms with van der Waals surface area (Å²) in [6.45, 7) is 2.22. The van der Waals surface area contributed by atoms with E-state index in [1.54, 1.807) is 6.07 Å². The molecule has 0 saturated heterocycles. The molecule has 0 aromatic heterocycles. The average molecular weight is 299 g/mol. The number of benzene rings is 1. The van der Waals surface area contributed by atoms with E-state index in [0.29, 0.717) is 11.6 Å². The molecule has 108 valence electrons. The highest BCUT2D eigenvalue weighted by molar-refractivity contribution is 6.30. The standard InChI is InChI=1S/C13H15ClN2O4/c1-7(12(17)18)16-13(19)15-6-9-5-10(14)4-8-2-3-20-11(8)9/h4-5,7H,2-3,6H2,1H3,(H,17,18)(H2,15,16,19). The van der Waals surface area contributed by atoms with Crippen molar-refractivity contribution >= 4 is 23.6 Å². The van der Waals surface area contributed by atoms with Crippen molar-refractivity contribution in [1.29, 1.82) is 0 Å². The summed E-state index contributed by atoms with van der Waals surface area (Å²) < 4.78 is 5.51. The number of hydrogen-bond donors (Lipinski definition) is 3. The van der Waals surface area contributed by atoms with Crippen LogP contribution in [0.2, 0.25) is 5.02 Å². The van der Waals surface area contributed by atoms with Crippen LogP contribution >= 0.6 is 11.6 Å². The Labute approximate surface area is 121 Å². The summed E-state index contributed by atoms with van der Waals surface area (Å²) >= 11 is 6.01. The van der Waals surface area contributed by atoms with Gasteiger partial charge in [-0.25, -0.2) is 4.79 Å². The van der Waals surface area contributed by atoms with Crippen molar-refractivity contribution in [2.24, 2.45) is 0 Å². The van der Waals surface area contributed by atoms with Gasteiger partial charge in [0, 0.05) is 23.6 Å². The second-order valence-electron chi connectivity index (χ2n) is 4.54. The molecule has 1 heterocycles. The minimum absolute atomic E-state index is 0.223. The zero-order valence-corrected chi connectivity index (χ0v) is 11.7. The average Bonchev–Trinajstić information content (AvgIpc) is 2.83. The molecule has 1 unspecified atom stereocenters. The van der Waals surface area contributed by atoms with Gasteiger partial charge < -0.3 is 20.5 Å². The van der Waals surface area contributed by atoms with Crippen LogP contribution in [0.5, 0.6) is 5.75 Å². The zero-order valence-electron chi connectivity index (χ0n) is 10.9. The van der Waals surface area contributed by atoms with E-state index >= 15 is 0 Å². The van der Waals surface area contributed by atoms with Gasteiger partial charge >= 0.3 is 12.0 Å². The van der Waals surface area contributed by atoms with E-state index in [0.717, 1.165) is 23.3 Å². The Morgan fingerprint density at radius 1 is 1.50 bits per heavy atom. The molecule has 0 spiro atoms. The van der Waals surface area contributed by atoms with Crippen LogP contribution in [-0.2, 0) is 17.8 Å². The first-order valence-electron chi connectivity index (χ1n) is 6.18. The van der Waals surface area contributed by atoms with E-state index in [2.05, 4.69) is 10.6 Å². The number of amides is 2. The van der Waals surface area contributed by atoms with E-state index in [4.69, 9.17) is 21.4 Å². The Morgan fingerprint density at radius 3 is 2.95 bits per heavy atom. The molecular weight excluding hydrogens is 284 g/mol. The third-order valence-corrected chi connectivity index (χ3v) is 3.20. The molecule has 1 aromatic carbocycles. The number of carboxylic acid groups (broad SMARTS) is 1. The van der Waals surface area contributed by atoms with Crippen molar-refractivity contribution < 1.29 is 19.4 Å². The quantitative estimate of drug-likeness (QED) is 0.787. The Kier molecular flexibility index (Phi) is 4.34. The van der Waals surface area contributed by atoms with E-state index in [9.17, 15) is 9.59 Å². The number of ether oxygens (including phenoxy) is 1. The van der Waals surface area contributed by atoms with Gasteiger partial charge in [0.2, 0.25) is 0 Å². The van der Waals surface area contributed by atoms with Gasteiger partial charge in [-0.15, -0.1) is 0 Å². The first kappa shape index (κ1) is 14.5. The lowest BCUT2D eigenvalue weighted by Gasteiger charge is -2.13. The van der Waals surface area contributed by atoms with Crippen LogP contribution in [-0.4, -0.2) is 29.8 Å². The van der Waals surface area contributed by atoms with E-state index < -0.39 is 18.0 Å². The number of hydrogen-bond acceptors (Lipinski definition) is 3. The summed E-state index contributed by atoms with van der Waals surface area (Å²) in [4.78, 5) is 22.2. The number of carbonyl (C=O) groups is 2. The monoisotopic (exact) mass is 298 g/mol. The zero-order chi connectivity index (χ0) is 14.7. The second-order valence-corrected chi connectivity index (χ2v) is 4.97. The first-order chi connectivity index (χ1) is 9.47. The maximum absolute atomic E-state index is 11.6. The van der Waals surface area contributed by atoms with E-state index in [1.807, 2.05) is 6.07 Å². The van der Waals surface area contributed by atoms with Gasteiger partial charge in [-0.3, -0.25) is 4.79 Å². The smallest absolute Gasteiger partial charge is 0.325 e. The van der Waals surface area contributed by atoms with Gasteiger partial charge in [-0.1, -0.05) is 11.6 Å². The highest BCUT2D eigenvalue weighted by Gasteiger charge is 2.18.